The van der Waals surface area contributed by atoms with Crippen molar-refractivity contribution in [1.82, 2.24) is 4.98 Å². The fourth-order valence-electron chi connectivity index (χ4n) is 1.64. The third-order valence-electron chi connectivity index (χ3n) is 2.52. The summed E-state index contributed by atoms with van der Waals surface area (Å²) in [5, 5.41) is 0.508. The normalized spacial score (nSPS) is 20.0. The SMILES string of the molecule is CC1(C)CCC(=O)c2sc(N)nc21. The van der Waals surface area contributed by atoms with Gasteiger partial charge in [-0.1, -0.05) is 25.2 Å². The van der Waals surface area contributed by atoms with Gasteiger partial charge in [-0.05, 0) is 6.42 Å². The number of anilines is 1. The predicted octanol–water partition coefficient (Wildman–Crippen LogP) is 1.98. The second-order valence-corrected chi connectivity index (χ2v) is 5.07. The van der Waals surface area contributed by atoms with Gasteiger partial charge in [0.15, 0.2) is 10.9 Å². The van der Waals surface area contributed by atoms with Gasteiger partial charge in [-0.3, -0.25) is 4.79 Å². The van der Waals surface area contributed by atoms with Crippen LogP contribution in [0.1, 0.15) is 42.1 Å². The summed E-state index contributed by atoms with van der Waals surface area (Å²) in [6.45, 7) is 4.22. The van der Waals surface area contributed by atoms with Crippen LogP contribution in [0.3, 0.4) is 0 Å². The van der Waals surface area contributed by atoms with Crippen molar-refractivity contribution in [2.45, 2.75) is 32.1 Å². The van der Waals surface area contributed by atoms with E-state index < -0.39 is 0 Å². The summed E-state index contributed by atoms with van der Waals surface area (Å²) in [5.41, 5.74) is 6.50. The molecule has 0 fully saturated rings. The zero-order chi connectivity index (χ0) is 9.64. The van der Waals surface area contributed by atoms with E-state index in [9.17, 15) is 4.79 Å². The number of carbonyl (C=O) groups excluding carboxylic acids is 1. The van der Waals surface area contributed by atoms with E-state index in [0.29, 0.717) is 11.6 Å². The zero-order valence-electron chi connectivity index (χ0n) is 7.76. The molecule has 1 aliphatic rings. The molecule has 0 unspecified atom stereocenters. The molecule has 1 heterocycles. The van der Waals surface area contributed by atoms with E-state index in [2.05, 4.69) is 18.8 Å². The first-order chi connectivity index (χ1) is 6.00. The lowest BCUT2D eigenvalue weighted by Gasteiger charge is -2.27. The van der Waals surface area contributed by atoms with Crippen LogP contribution in [0.4, 0.5) is 5.13 Å². The molecule has 0 saturated carbocycles. The lowest BCUT2D eigenvalue weighted by molar-refractivity contribution is 0.0960. The van der Waals surface area contributed by atoms with Gasteiger partial charge in [0, 0.05) is 11.8 Å². The summed E-state index contributed by atoms with van der Waals surface area (Å²) in [5.74, 6) is 0.198. The quantitative estimate of drug-likeness (QED) is 0.690. The third-order valence-corrected chi connectivity index (χ3v) is 3.44. The lowest BCUT2D eigenvalue weighted by atomic mass is 9.78. The molecule has 0 amide bonds. The summed E-state index contributed by atoms with van der Waals surface area (Å²) >= 11 is 1.32. The van der Waals surface area contributed by atoms with E-state index in [0.717, 1.165) is 17.0 Å². The molecule has 2 N–H and O–H groups in total. The van der Waals surface area contributed by atoms with Crippen LogP contribution in [-0.4, -0.2) is 10.8 Å². The Balaban J connectivity index is 2.60. The van der Waals surface area contributed by atoms with Gasteiger partial charge in [-0.2, -0.15) is 0 Å². The molecule has 70 valence electrons. The van der Waals surface area contributed by atoms with E-state index in [1.165, 1.54) is 11.3 Å². The minimum Gasteiger partial charge on any atom is -0.375 e. The van der Waals surface area contributed by atoms with Crippen molar-refractivity contribution in [3.05, 3.63) is 10.6 Å². The summed E-state index contributed by atoms with van der Waals surface area (Å²) in [6.07, 6.45) is 1.50. The Bertz CT molecular complexity index is 368. The van der Waals surface area contributed by atoms with Crippen molar-refractivity contribution < 1.29 is 4.79 Å². The Morgan fingerprint density at radius 1 is 1.54 bits per heavy atom. The van der Waals surface area contributed by atoms with E-state index in [1.807, 2.05) is 0 Å². The van der Waals surface area contributed by atoms with Crippen molar-refractivity contribution in [1.29, 1.82) is 0 Å². The molecule has 3 nitrogen and oxygen atoms in total. The van der Waals surface area contributed by atoms with Crippen LogP contribution in [0.25, 0.3) is 0 Å². The molecule has 0 saturated heterocycles. The number of hydrogen-bond donors (Lipinski definition) is 1. The van der Waals surface area contributed by atoms with Crippen molar-refractivity contribution in [3.63, 3.8) is 0 Å². The molecule has 0 atom stereocenters. The van der Waals surface area contributed by atoms with Crippen LogP contribution in [0, 0.1) is 0 Å². The maximum atomic E-state index is 11.5. The van der Waals surface area contributed by atoms with Crippen LogP contribution in [0.15, 0.2) is 0 Å². The van der Waals surface area contributed by atoms with Crippen molar-refractivity contribution in [3.8, 4) is 0 Å². The molecule has 0 bridgehead atoms. The topological polar surface area (TPSA) is 56.0 Å². The predicted molar refractivity (Wildman–Crippen MR) is 53.1 cm³/mol. The summed E-state index contributed by atoms with van der Waals surface area (Å²) in [6, 6.07) is 0. The van der Waals surface area contributed by atoms with Gasteiger partial charge in [0.25, 0.3) is 0 Å². The fourth-order valence-corrected chi connectivity index (χ4v) is 2.62. The Morgan fingerprint density at radius 3 is 2.85 bits per heavy atom. The van der Waals surface area contributed by atoms with Crippen molar-refractivity contribution in [2.24, 2.45) is 0 Å². The summed E-state index contributed by atoms with van der Waals surface area (Å²) < 4.78 is 0. The second kappa shape index (κ2) is 2.54. The molecule has 1 aromatic heterocycles. The first kappa shape index (κ1) is 8.69. The standard InChI is InChI=1S/C9H12N2OS/c1-9(2)4-3-5(12)6-7(9)11-8(10)13-6/h3-4H2,1-2H3,(H2,10,11). The Hall–Kier alpha value is -0.900. The maximum absolute atomic E-state index is 11.5. The van der Waals surface area contributed by atoms with Crippen molar-refractivity contribution in [2.75, 3.05) is 5.73 Å². The molecule has 13 heavy (non-hydrogen) atoms. The monoisotopic (exact) mass is 196 g/mol. The first-order valence-electron chi connectivity index (χ1n) is 4.31. The van der Waals surface area contributed by atoms with E-state index in [-0.39, 0.29) is 11.2 Å². The summed E-state index contributed by atoms with van der Waals surface area (Å²) in [7, 11) is 0. The Morgan fingerprint density at radius 2 is 2.23 bits per heavy atom. The number of aromatic nitrogens is 1. The lowest BCUT2D eigenvalue weighted by Crippen LogP contribution is -2.26. The number of Topliss-reactive ketones (excluding diaryl/α,β-unsaturated/α-hetero) is 1. The third kappa shape index (κ3) is 1.25. The highest BCUT2D eigenvalue weighted by Gasteiger charge is 2.35. The molecule has 2 rings (SSSR count). The largest absolute Gasteiger partial charge is 0.375 e. The van der Waals surface area contributed by atoms with Gasteiger partial charge in [0.2, 0.25) is 0 Å². The highest BCUT2D eigenvalue weighted by atomic mass is 32.1. The maximum Gasteiger partial charge on any atom is 0.180 e. The van der Waals surface area contributed by atoms with Gasteiger partial charge >= 0.3 is 0 Å². The number of nitrogen functional groups attached to an aromatic ring is 1. The minimum atomic E-state index is 0.0113. The van der Waals surface area contributed by atoms with E-state index in [4.69, 9.17) is 5.73 Å². The molecule has 1 aliphatic carbocycles. The van der Waals surface area contributed by atoms with Crippen LogP contribution >= 0.6 is 11.3 Å². The van der Waals surface area contributed by atoms with Gasteiger partial charge in [-0.15, -0.1) is 0 Å². The Labute approximate surface area is 81.0 Å². The number of hydrogen-bond acceptors (Lipinski definition) is 4. The van der Waals surface area contributed by atoms with E-state index in [1.54, 1.807) is 0 Å². The number of ketones is 1. The highest BCUT2D eigenvalue weighted by Crippen LogP contribution is 2.39. The van der Waals surface area contributed by atoms with Gasteiger partial charge in [0.1, 0.15) is 0 Å². The van der Waals surface area contributed by atoms with Gasteiger partial charge in [0.05, 0.1) is 10.6 Å². The minimum absolute atomic E-state index is 0.0113. The molecule has 0 spiro atoms. The Kier molecular flexibility index (Phi) is 1.70. The van der Waals surface area contributed by atoms with Gasteiger partial charge < -0.3 is 5.73 Å². The first-order valence-corrected chi connectivity index (χ1v) is 5.12. The number of nitrogens with two attached hydrogens (primary N) is 1. The molecule has 0 radical (unpaired) electrons. The van der Waals surface area contributed by atoms with Crippen LogP contribution in [0.5, 0.6) is 0 Å². The molecule has 1 aromatic rings. The van der Waals surface area contributed by atoms with E-state index >= 15 is 0 Å². The van der Waals surface area contributed by atoms with Crippen LogP contribution in [-0.2, 0) is 5.41 Å². The molecular formula is C9H12N2OS. The highest BCUT2D eigenvalue weighted by molar-refractivity contribution is 7.17. The number of nitrogens with zero attached hydrogens (tertiary/aromatic N) is 1. The molecule has 0 aromatic carbocycles. The number of fused-ring (bicyclic) bond motifs is 1. The molecule has 4 heteroatoms. The number of carbonyl (C=O) groups is 1. The summed E-state index contributed by atoms with van der Waals surface area (Å²) in [4.78, 5) is 16.5. The average Bonchev–Trinajstić information content (AvgIpc) is 2.42. The second-order valence-electron chi connectivity index (χ2n) is 4.04. The number of thiazole rings is 1. The molecule has 0 aliphatic heterocycles. The zero-order valence-corrected chi connectivity index (χ0v) is 8.57. The van der Waals surface area contributed by atoms with Gasteiger partial charge in [-0.25, -0.2) is 4.98 Å². The molecular weight excluding hydrogens is 184 g/mol. The fraction of sp³-hybridized carbons (Fsp3) is 0.556. The number of rotatable bonds is 0. The van der Waals surface area contributed by atoms with Crippen LogP contribution in [0.2, 0.25) is 0 Å². The smallest absolute Gasteiger partial charge is 0.180 e. The van der Waals surface area contributed by atoms with Crippen LogP contribution < -0.4 is 5.73 Å². The van der Waals surface area contributed by atoms with Crippen molar-refractivity contribution >= 4 is 22.3 Å². The average molecular weight is 196 g/mol.